The highest BCUT2D eigenvalue weighted by atomic mass is 16.6. The minimum Gasteiger partial charge on any atom is -0.456 e. The van der Waals surface area contributed by atoms with Crippen molar-refractivity contribution in [3.8, 4) is 0 Å². The van der Waals surface area contributed by atoms with Crippen LogP contribution in [-0.4, -0.2) is 75.0 Å². The average Bonchev–Trinajstić information content (AvgIpc) is 3.68. The maximum absolute atomic E-state index is 12.7. The summed E-state index contributed by atoms with van der Waals surface area (Å²) >= 11 is 0. The average molecular weight is 479 g/mol. The van der Waals surface area contributed by atoms with Crippen LogP contribution in [0.5, 0.6) is 0 Å². The van der Waals surface area contributed by atoms with E-state index in [1.165, 1.54) is 6.07 Å². The van der Waals surface area contributed by atoms with Crippen molar-refractivity contribution in [3.05, 3.63) is 35.4 Å². The van der Waals surface area contributed by atoms with Crippen molar-refractivity contribution in [3.63, 3.8) is 0 Å². The summed E-state index contributed by atoms with van der Waals surface area (Å²) in [6, 6.07) is 6.46. The molecule has 8 heteroatoms. The lowest BCUT2D eigenvalue weighted by Crippen LogP contribution is -2.29. The van der Waals surface area contributed by atoms with Gasteiger partial charge in [-0.2, -0.15) is 0 Å². The van der Waals surface area contributed by atoms with Crippen molar-refractivity contribution >= 4 is 11.9 Å². The summed E-state index contributed by atoms with van der Waals surface area (Å²) in [6.07, 6.45) is 3.37. The highest BCUT2D eigenvalue weighted by Crippen LogP contribution is 2.22. The SMILES string of the molecule is CC(C)(CCCOCC1CO1)OC(=O)c1cccc(C(=O)OC(C)(C)CCCOCC2CO2)c1. The zero-order valence-corrected chi connectivity index (χ0v) is 20.8. The number of hydrogen-bond donors (Lipinski definition) is 0. The van der Waals surface area contributed by atoms with Gasteiger partial charge in [0.25, 0.3) is 0 Å². The van der Waals surface area contributed by atoms with Crippen LogP contribution in [0.4, 0.5) is 0 Å². The van der Waals surface area contributed by atoms with E-state index in [9.17, 15) is 9.59 Å². The topological polar surface area (TPSA) is 96.1 Å². The minimum absolute atomic E-state index is 0.247. The molecule has 1 aromatic rings. The summed E-state index contributed by atoms with van der Waals surface area (Å²) in [7, 11) is 0. The Morgan fingerprint density at radius 3 is 1.62 bits per heavy atom. The van der Waals surface area contributed by atoms with Gasteiger partial charge in [-0.1, -0.05) is 6.07 Å². The van der Waals surface area contributed by atoms with E-state index in [4.69, 9.17) is 28.4 Å². The molecule has 2 atom stereocenters. The van der Waals surface area contributed by atoms with Gasteiger partial charge in [-0.3, -0.25) is 0 Å². The Kier molecular flexibility index (Phi) is 9.47. The van der Waals surface area contributed by atoms with Gasteiger partial charge in [0.2, 0.25) is 0 Å². The van der Waals surface area contributed by atoms with Crippen molar-refractivity contribution < 1.29 is 38.0 Å². The molecule has 0 aromatic heterocycles. The first-order chi connectivity index (χ1) is 16.1. The van der Waals surface area contributed by atoms with Crippen LogP contribution in [0.1, 0.15) is 74.1 Å². The van der Waals surface area contributed by atoms with E-state index in [0.717, 1.165) is 26.1 Å². The third kappa shape index (κ3) is 10.1. The molecular weight excluding hydrogens is 440 g/mol. The van der Waals surface area contributed by atoms with E-state index in [-0.39, 0.29) is 12.2 Å². The molecule has 190 valence electrons. The summed E-state index contributed by atoms with van der Waals surface area (Å²) in [5.74, 6) is -0.939. The van der Waals surface area contributed by atoms with E-state index in [1.807, 2.05) is 27.7 Å². The number of epoxide rings is 2. The van der Waals surface area contributed by atoms with Gasteiger partial charge in [-0.25, -0.2) is 9.59 Å². The number of rotatable bonds is 16. The Morgan fingerprint density at radius 1 is 0.824 bits per heavy atom. The first kappa shape index (κ1) is 26.6. The fourth-order valence-electron chi connectivity index (χ4n) is 3.45. The van der Waals surface area contributed by atoms with E-state index >= 15 is 0 Å². The quantitative estimate of drug-likeness (QED) is 0.200. The fourth-order valence-corrected chi connectivity index (χ4v) is 3.45. The maximum atomic E-state index is 12.7. The standard InChI is InChI=1S/C26H38O8/c1-25(2,10-6-12-29-15-21-17-31-21)33-23(27)19-8-5-9-20(14-19)24(28)34-26(3,4)11-7-13-30-16-22-18-32-22/h5,8-9,14,21-22H,6-7,10-13,15-18H2,1-4H3. The van der Waals surface area contributed by atoms with Crippen molar-refractivity contribution in [2.45, 2.75) is 76.8 Å². The van der Waals surface area contributed by atoms with Crippen LogP contribution in [0.25, 0.3) is 0 Å². The van der Waals surface area contributed by atoms with Gasteiger partial charge in [-0.15, -0.1) is 0 Å². The summed E-state index contributed by atoms with van der Waals surface area (Å²) in [5, 5.41) is 0. The van der Waals surface area contributed by atoms with Crippen LogP contribution in [0, 0.1) is 0 Å². The van der Waals surface area contributed by atoms with Crippen LogP contribution in [-0.2, 0) is 28.4 Å². The molecule has 0 saturated carbocycles. The zero-order valence-electron chi connectivity index (χ0n) is 20.8. The Hall–Kier alpha value is -2.00. The first-order valence-electron chi connectivity index (χ1n) is 12.1. The summed E-state index contributed by atoms with van der Waals surface area (Å²) in [4.78, 5) is 25.4. The molecule has 8 nitrogen and oxygen atoms in total. The predicted octanol–water partition coefficient (Wildman–Crippen LogP) is 3.95. The molecule has 3 rings (SSSR count). The van der Waals surface area contributed by atoms with Crippen LogP contribution in [0.15, 0.2) is 24.3 Å². The fraction of sp³-hybridized carbons (Fsp3) is 0.692. The number of carbonyl (C=O) groups is 2. The number of esters is 2. The summed E-state index contributed by atoms with van der Waals surface area (Å²) in [6.45, 7) is 11.5. The Bertz CT molecular complexity index is 748. The normalized spacial score (nSPS) is 19.5. The summed E-state index contributed by atoms with van der Waals surface area (Å²) in [5.41, 5.74) is -0.665. The second kappa shape index (κ2) is 12.1. The zero-order chi connectivity index (χ0) is 24.6. The predicted molar refractivity (Wildman–Crippen MR) is 125 cm³/mol. The van der Waals surface area contributed by atoms with Crippen molar-refractivity contribution in [2.75, 3.05) is 39.6 Å². The number of hydrogen-bond acceptors (Lipinski definition) is 8. The van der Waals surface area contributed by atoms with E-state index in [0.29, 0.717) is 50.4 Å². The van der Waals surface area contributed by atoms with Crippen LogP contribution in [0.3, 0.4) is 0 Å². The minimum atomic E-state index is -0.650. The van der Waals surface area contributed by atoms with Gasteiger partial charge in [0.05, 0.1) is 37.6 Å². The Labute approximate surface area is 202 Å². The molecule has 0 radical (unpaired) electrons. The molecule has 2 aliphatic rings. The monoisotopic (exact) mass is 478 g/mol. The second-order valence-electron chi connectivity index (χ2n) is 10.1. The van der Waals surface area contributed by atoms with Crippen molar-refractivity contribution in [1.82, 2.24) is 0 Å². The van der Waals surface area contributed by atoms with Gasteiger partial charge >= 0.3 is 11.9 Å². The molecular formula is C26H38O8. The molecule has 34 heavy (non-hydrogen) atoms. The largest absolute Gasteiger partial charge is 0.456 e. The molecule has 2 saturated heterocycles. The Morgan fingerprint density at radius 2 is 1.24 bits per heavy atom. The van der Waals surface area contributed by atoms with Gasteiger partial charge < -0.3 is 28.4 Å². The number of carbonyl (C=O) groups excluding carboxylic acids is 2. The maximum Gasteiger partial charge on any atom is 0.338 e. The van der Waals surface area contributed by atoms with Crippen LogP contribution < -0.4 is 0 Å². The molecule has 2 heterocycles. The van der Waals surface area contributed by atoms with Crippen molar-refractivity contribution in [2.24, 2.45) is 0 Å². The third-order valence-corrected chi connectivity index (χ3v) is 5.62. The molecule has 2 aliphatic heterocycles. The Balaban J connectivity index is 1.42. The summed E-state index contributed by atoms with van der Waals surface area (Å²) < 4.78 is 32.7. The molecule has 0 bridgehead atoms. The highest BCUT2D eigenvalue weighted by Gasteiger charge is 2.27. The molecule has 0 aliphatic carbocycles. The number of ether oxygens (including phenoxy) is 6. The van der Waals surface area contributed by atoms with Gasteiger partial charge in [-0.05, 0) is 71.6 Å². The van der Waals surface area contributed by atoms with Gasteiger partial charge in [0.15, 0.2) is 0 Å². The van der Waals surface area contributed by atoms with E-state index in [2.05, 4.69) is 0 Å². The second-order valence-corrected chi connectivity index (χ2v) is 10.1. The smallest absolute Gasteiger partial charge is 0.338 e. The molecule has 2 fully saturated rings. The van der Waals surface area contributed by atoms with Gasteiger partial charge in [0.1, 0.15) is 23.4 Å². The molecule has 0 spiro atoms. The lowest BCUT2D eigenvalue weighted by atomic mass is 10.0. The first-order valence-corrected chi connectivity index (χ1v) is 12.1. The molecule has 0 N–H and O–H groups in total. The van der Waals surface area contributed by atoms with Crippen molar-refractivity contribution in [1.29, 1.82) is 0 Å². The lowest BCUT2D eigenvalue weighted by molar-refractivity contribution is -0.00915. The highest BCUT2D eigenvalue weighted by molar-refractivity contribution is 5.95. The lowest BCUT2D eigenvalue weighted by Gasteiger charge is -2.26. The molecule has 2 unspecified atom stereocenters. The number of benzene rings is 1. The van der Waals surface area contributed by atoms with E-state index in [1.54, 1.807) is 18.2 Å². The van der Waals surface area contributed by atoms with E-state index < -0.39 is 23.1 Å². The molecule has 0 amide bonds. The van der Waals surface area contributed by atoms with Crippen LogP contribution in [0.2, 0.25) is 0 Å². The van der Waals surface area contributed by atoms with Crippen LogP contribution >= 0.6 is 0 Å². The molecule has 1 aromatic carbocycles. The third-order valence-electron chi connectivity index (χ3n) is 5.62. The van der Waals surface area contributed by atoms with Gasteiger partial charge in [0, 0.05) is 13.2 Å².